The van der Waals surface area contributed by atoms with Crippen LogP contribution in [-0.4, -0.2) is 6.21 Å². The van der Waals surface area contributed by atoms with Crippen LogP contribution in [0.2, 0.25) is 10.0 Å². The average Bonchev–Trinajstić information content (AvgIpc) is 3.26. The van der Waals surface area contributed by atoms with Crippen molar-refractivity contribution < 1.29 is 4.42 Å². The summed E-state index contributed by atoms with van der Waals surface area (Å²) in [5, 5.41) is 11.2. The Kier molecular flexibility index (Phi) is 4.86. The van der Waals surface area contributed by atoms with E-state index in [0.717, 1.165) is 29.8 Å². The minimum Gasteiger partial charge on any atom is -0.455 e. The van der Waals surface area contributed by atoms with Crippen LogP contribution < -0.4 is 0 Å². The Bertz CT molecular complexity index is 1040. The molecule has 0 atom stereocenters. The number of nitrogens with zero attached hydrogens (tertiary/aromatic N) is 2. The molecule has 0 unspecified atom stereocenters. The Labute approximate surface area is 165 Å². The van der Waals surface area contributed by atoms with Crippen LogP contribution in [0.4, 0.5) is 5.00 Å². The molecule has 0 amide bonds. The standard InChI is InChI=1S/C20H14Cl2N2OS/c21-16-6-3-5-14(19(16)22)17-9-8-12(25-17)11-24-20-15(10-23)13-4-1-2-7-18(13)26-20/h3,5-6,8-9,11H,1-2,4,7H2. The van der Waals surface area contributed by atoms with E-state index in [1.165, 1.54) is 16.9 Å². The molecule has 0 aliphatic heterocycles. The van der Waals surface area contributed by atoms with Gasteiger partial charge in [0.25, 0.3) is 0 Å². The first-order valence-electron chi connectivity index (χ1n) is 8.30. The number of furan rings is 1. The number of rotatable bonds is 3. The zero-order chi connectivity index (χ0) is 18.1. The number of benzene rings is 1. The van der Waals surface area contributed by atoms with Crippen molar-refractivity contribution in [2.24, 2.45) is 4.99 Å². The smallest absolute Gasteiger partial charge is 0.145 e. The van der Waals surface area contributed by atoms with Gasteiger partial charge >= 0.3 is 0 Å². The van der Waals surface area contributed by atoms with Crippen LogP contribution in [0.25, 0.3) is 11.3 Å². The molecule has 130 valence electrons. The highest BCUT2D eigenvalue weighted by Crippen LogP contribution is 2.39. The van der Waals surface area contributed by atoms with Gasteiger partial charge < -0.3 is 4.42 Å². The lowest BCUT2D eigenvalue weighted by Crippen LogP contribution is -1.99. The molecular formula is C20H14Cl2N2OS. The molecule has 6 heteroatoms. The highest BCUT2D eigenvalue weighted by atomic mass is 35.5. The van der Waals surface area contributed by atoms with Crippen molar-refractivity contribution in [2.75, 3.05) is 0 Å². The fourth-order valence-corrected chi connectivity index (χ4v) is 4.72. The topological polar surface area (TPSA) is 49.3 Å². The summed E-state index contributed by atoms with van der Waals surface area (Å²) < 4.78 is 5.83. The van der Waals surface area contributed by atoms with Crippen LogP contribution in [-0.2, 0) is 12.8 Å². The Balaban J connectivity index is 1.63. The molecule has 2 aromatic heterocycles. The zero-order valence-electron chi connectivity index (χ0n) is 13.8. The Morgan fingerprint density at radius 3 is 2.85 bits per heavy atom. The number of nitriles is 1. The number of halogens is 2. The van der Waals surface area contributed by atoms with Crippen LogP contribution in [0.1, 0.15) is 34.6 Å². The van der Waals surface area contributed by atoms with E-state index in [0.29, 0.717) is 27.1 Å². The molecule has 0 saturated carbocycles. The largest absolute Gasteiger partial charge is 0.455 e. The maximum absolute atomic E-state index is 9.50. The first-order valence-corrected chi connectivity index (χ1v) is 9.87. The number of hydrogen-bond acceptors (Lipinski definition) is 4. The van der Waals surface area contributed by atoms with Gasteiger partial charge in [-0.1, -0.05) is 29.3 Å². The third kappa shape index (κ3) is 3.19. The second-order valence-corrected chi connectivity index (χ2v) is 7.93. The van der Waals surface area contributed by atoms with Crippen LogP contribution in [0.5, 0.6) is 0 Å². The third-order valence-electron chi connectivity index (χ3n) is 4.42. The van der Waals surface area contributed by atoms with E-state index < -0.39 is 0 Å². The molecule has 3 aromatic rings. The van der Waals surface area contributed by atoms with Crippen LogP contribution >= 0.6 is 34.5 Å². The number of aliphatic imine (C=N–C) groups is 1. The Morgan fingerprint density at radius 1 is 1.15 bits per heavy atom. The lowest BCUT2D eigenvalue weighted by atomic mass is 9.96. The predicted molar refractivity (Wildman–Crippen MR) is 107 cm³/mol. The van der Waals surface area contributed by atoms with Crippen molar-refractivity contribution in [3.8, 4) is 17.4 Å². The van der Waals surface area contributed by atoms with E-state index in [2.05, 4.69) is 11.1 Å². The van der Waals surface area contributed by atoms with E-state index in [-0.39, 0.29) is 0 Å². The van der Waals surface area contributed by atoms with Gasteiger partial charge in [-0.2, -0.15) is 5.26 Å². The molecule has 26 heavy (non-hydrogen) atoms. The highest BCUT2D eigenvalue weighted by Gasteiger charge is 2.20. The van der Waals surface area contributed by atoms with Crippen LogP contribution in [0.15, 0.2) is 39.7 Å². The second-order valence-electron chi connectivity index (χ2n) is 6.06. The zero-order valence-corrected chi connectivity index (χ0v) is 16.1. The molecule has 1 aromatic carbocycles. The molecule has 0 radical (unpaired) electrons. The van der Waals surface area contributed by atoms with E-state index in [4.69, 9.17) is 27.6 Å². The monoisotopic (exact) mass is 400 g/mol. The van der Waals surface area contributed by atoms with E-state index in [1.807, 2.05) is 24.3 Å². The summed E-state index contributed by atoms with van der Waals surface area (Å²) in [4.78, 5) is 5.81. The predicted octanol–water partition coefficient (Wildman–Crippen LogP) is 6.82. The first-order chi connectivity index (χ1) is 12.7. The molecule has 1 aliphatic carbocycles. The summed E-state index contributed by atoms with van der Waals surface area (Å²) in [5.74, 6) is 1.23. The van der Waals surface area contributed by atoms with Gasteiger partial charge in [-0.3, -0.25) is 0 Å². The number of thiophene rings is 1. The summed E-state index contributed by atoms with van der Waals surface area (Å²) in [5.41, 5.74) is 2.63. The molecule has 0 bridgehead atoms. The van der Waals surface area contributed by atoms with Crippen molar-refractivity contribution >= 4 is 45.8 Å². The van der Waals surface area contributed by atoms with Crippen molar-refractivity contribution in [3.05, 3.63) is 62.1 Å². The molecule has 0 spiro atoms. The number of hydrogen-bond donors (Lipinski definition) is 0. The summed E-state index contributed by atoms with van der Waals surface area (Å²) in [6, 6.07) is 11.4. The average molecular weight is 401 g/mol. The van der Waals surface area contributed by atoms with Gasteiger partial charge in [0, 0.05) is 10.4 Å². The first kappa shape index (κ1) is 17.4. The maximum Gasteiger partial charge on any atom is 0.145 e. The lowest BCUT2D eigenvalue weighted by Gasteiger charge is -2.09. The normalized spacial score (nSPS) is 13.7. The van der Waals surface area contributed by atoms with Crippen molar-refractivity contribution in [2.45, 2.75) is 25.7 Å². The van der Waals surface area contributed by atoms with Crippen molar-refractivity contribution in [1.29, 1.82) is 5.26 Å². The number of fused-ring (bicyclic) bond motifs is 1. The minimum atomic E-state index is 0.463. The fraction of sp³-hybridized carbons (Fsp3) is 0.200. The summed E-state index contributed by atoms with van der Waals surface area (Å²) in [6.45, 7) is 0. The van der Waals surface area contributed by atoms with Crippen LogP contribution in [0, 0.1) is 11.3 Å². The molecule has 3 nitrogen and oxygen atoms in total. The molecule has 4 rings (SSSR count). The van der Waals surface area contributed by atoms with Gasteiger partial charge in [-0.15, -0.1) is 11.3 Å². The van der Waals surface area contributed by atoms with Gasteiger partial charge in [0.05, 0.1) is 21.8 Å². The van der Waals surface area contributed by atoms with Crippen molar-refractivity contribution in [1.82, 2.24) is 0 Å². The lowest BCUT2D eigenvalue weighted by molar-refractivity contribution is 0.575. The van der Waals surface area contributed by atoms with Crippen LogP contribution in [0.3, 0.4) is 0 Å². The summed E-state index contributed by atoms with van der Waals surface area (Å²) in [7, 11) is 0. The van der Waals surface area contributed by atoms with E-state index in [9.17, 15) is 5.26 Å². The second kappa shape index (κ2) is 7.28. The van der Waals surface area contributed by atoms with Gasteiger partial charge in [0.1, 0.15) is 22.6 Å². The minimum absolute atomic E-state index is 0.463. The molecule has 0 saturated heterocycles. The summed E-state index contributed by atoms with van der Waals surface area (Å²) in [6.07, 6.45) is 6.00. The quantitative estimate of drug-likeness (QED) is 0.452. The van der Waals surface area contributed by atoms with E-state index >= 15 is 0 Å². The molecule has 2 heterocycles. The third-order valence-corrected chi connectivity index (χ3v) is 6.44. The highest BCUT2D eigenvalue weighted by molar-refractivity contribution is 7.16. The Hall–Kier alpha value is -2.06. The molecular weight excluding hydrogens is 387 g/mol. The molecule has 0 N–H and O–H groups in total. The molecule has 1 aliphatic rings. The molecule has 0 fully saturated rings. The SMILES string of the molecule is N#Cc1c(N=Cc2ccc(-c3cccc(Cl)c3Cl)o2)sc2c1CCCC2. The van der Waals surface area contributed by atoms with Gasteiger partial charge in [-0.05, 0) is 55.5 Å². The summed E-state index contributed by atoms with van der Waals surface area (Å²) >= 11 is 13.9. The number of aryl methyl sites for hydroxylation is 1. The van der Waals surface area contributed by atoms with Gasteiger partial charge in [0.2, 0.25) is 0 Å². The van der Waals surface area contributed by atoms with E-state index in [1.54, 1.807) is 23.6 Å². The Morgan fingerprint density at radius 2 is 2.00 bits per heavy atom. The van der Waals surface area contributed by atoms with Gasteiger partial charge in [0.15, 0.2) is 0 Å². The maximum atomic E-state index is 9.50. The van der Waals surface area contributed by atoms with Crippen molar-refractivity contribution in [3.63, 3.8) is 0 Å². The van der Waals surface area contributed by atoms with Gasteiger partial charge in [-0.25, -0.2) is 4.99 Å². The fourth-order valence-electron chi connectivity index (χ4n) is 3.14.